The third-order valence-corrected chi connectivity index (χ3v) is 5.96. The molecule has 2 heterocycles. The van der Waals surface area contributed by atoms with Crippen LogP contribution in [-0.4, -0.2) is 66.9 Å². The van der Waals surface area contributed by atoms with Crippen LogP contribution in [0.3, 0.4) is 0 Å². The van der Waals surface area contributed by atoms with Gasteiger partial charge in [-0.3, -0.25) is 14.4 Å². The van der Waals surface area contributed by atoms with Gasteiger partial charge < -0.3 is 19.9 Å². The number of ether oxygens (including phenoxy) is 1. The SMILES string of the molecule is COCCNC(=O)CC1C(=O)N(Cc2ccccc2)CC(=O)N1CCc1cccs1. The molecule has 0 bridgehead atoms. The van der Waals surface area contributed by atoms with Gasteiger partial charge in [-0.05, 0) is 23.4 Å². The molecule has 8 heteroatoms. The first kappa shape index (κ1) is 22.0. The van der Waals surface area contributed by atoms with Gasteiger partial charge in [-0.25, -0.2) is 0 Å². The Kier molecular flexibility index (Phi) is 7.98. The summed E-state index contributed by atoms with van der Waals surface area (Å²) in [5.74, 6) is -0.579. The molecule has 1 saturated heterocycles. The van der Waals surface area contributed by atoms with Crippen molar-refractivity contribution in [3.8, 4) is 0 Å². The zero-order valence-electron chi connectivity index (χ0n) is 17.1. The van der Waals surface area contributed by atoms with Crippen LogP contribution in [0.2, 0.25) is 0 Å². The Hall–Kier alpha value is -2.71. The van der Waals surface area contributed by atoms with Crippen LogP contribution in [-0.2, 0) is 32.1 Å². The molecule has 1 aromatic carbocycles. The van der Waals surface area contributed by atoms with Crippen LogP contribution in [0, 0.1) is 0 Å². The van der Waals surface area contributed by atoms with E-state index in [0.29, 0.717) is 32.7 Å². The average Bonchev–Trinajstić information content (AvgIpc) is 3.26. The lowest BCUT2D eigenvalue weighted by molar-refractivity contribution is -0.157. The Morgan fingerprint density at radius 1 is 1.20 bits per heavy atom. The highest BCUT2D eigenvalue weighted by Crippen LogP contribution is 2.20. The summed E-state index contributed by atoms with van der Waals surface area (Å²) in [4.78, 5) is 42.8. The van der Waals surface area contributed by atoms with E-state index < -0.39 is 6.04 Å². The third-order valence-electron chi connectivity index (χ3n) is 5.02. The van der Waals surface area contributed by atoms with E-state index in [1.54, 1.807) is 28.2 Å². The van der Waals surface area contributed by atoms with Crippen molar-refractivity contribution in [2.45, 2.75) is 25.4 Å². The normalized spacial score (nSPS) is 16.8. The number of rotatable bonds is 10. The van der Waals surface area contributed by atoms with Crippen LogP contribution in [0.1, 0.15) is 16.9 Å². The highest BCUT2D eigenvalue weighted by molar-refractivity contribution is 7.09. The predicted octanol–water partition coefficient (Wildman–Crippen LogP) is 1.68. The number of carbonyl (C=O) groups is 3. The number of benzene rings is 1. The lowest BCUT2D eigenvalue weighted by Crippen LogP contribution is -2.60. The Balaban J connectivity index is 1.72. The van der Waals surface area contributed by atoms with E-state index in [-0.39, 0.29) is 30.7 Å². The number of nitrogens with zero attached hydrogens (tertiary/aromatic N) is 2. The fourth-order valence-corrected chi connectivity index (χ4v) is 4.19. The molecule has 1 atom stereocenters. The van der Waals surface area contributed by atoms with Crippen molar-refractivity contribution in [2.24, 2.45) is 0 Å². The first-order valence-corrected chi connectivity index (χ1v) is 10.9. The summed E-state index contributed by atoms with van der Waals surface area (Å²) in [7, 11) is 1.56. The van der Waals surface area contributed by atoms with E-state index in [9.17, 15) is 14.4 Å². The fourth-order valence-electron chi connectivity index (χ4n) is 3.49. The number of hydrogen-bond acceptors (Lipinski definition) is 5. The number of amides is 3. The molecule has 7 nitrogen and oxygen atoms in total. The Morgan fingerprint density at radius 3 is 2.70 bits per heavy atom. The van der Waals surface area contributed by atoms with Crippen LogP contribution in [0.15, 0.2) is 47.8 Å². The van der Waals surface area contributed by atoms with E-state index in [1.165, 1.54) is 0 Å². The zero-order valence-corrected chi connectivity index (χ0v) is 17.9. The second-order valence-electron chi connectivity index (χ2n) is 7.16. The van der Waals surface area contributed by atoms with Gasteiger partial charge in [0.15, 0.2) is 0 Å². The van der Waals surface area contributed by atoms with Gasteiger partial charge in [0.05, 0.1) is 13.0 Å². The fraction of sp³-hybridized carbons (Fsp3) is 0.409. The van der Waals surface area contributed by atoms with Gasteiger partial charge >= 0.3 is 0 Å². The van der Waals surface area contributed by atoms with Crippen LogP contribution >= 0.6 is 11.3 Å². The van der Waals surface area contributed by atoms with Crippen LogP contribution in [0.5, 0.6) is 0 Å². The number of piperazine rings is 1. The summed E-state index contributed by atoms with van der Waals surface area (Å²) in [6.07, 6.45) is 0.612. The highest BCUT2D eigenvalue weighted by atomic mass is 32.1. The maximum atomic E-state index is 13.2. The minimum atomic E-state index is -0.794. The molecule has 3 rings (SSSR count). The molecule has 0 radical (unpaired) electrons. The Morgan fingerprint density at radius 2 is 2.00 bits per heavy atom. The standard InChI is InChI=1S/C22H27N3O4S/c1-29-12-10-23-20(26)14-19-22(28)24(15-17-6-3-2-4-7-17)16-21(27)25(19)11-9-18-8-5-13-30-18/h2-8,13,19H,9-12,14-16H2,1H3,(H,23,26). The van der Waals surface area contributed by atoms with Crippen molar-refractivity contribution in [3.63, 3.8) is 0 Å². The lowest BCUT2D eigenvalue weighted by Gasteiger charge is -2.40. The zero-order chi connectivity index (χ0) is 21.3. The van der Waals surface area contributed by atoms with Crippen LogP contribution in [0.25, 0.3) is 0 Å². The molecule has 2 aromatic rings. The number of nitrogens with one attached hydrogen (secondary N) is 1. The quantitative estimate of drug-likeness (QED) is 0.583. The summed E-state index contributed by atoms with van der Waals surface area (Å²) in [5, 5.41) is 4.74. The monoisotopic (exact) mass is 429 g/mol. The first-order chi connectivity index (χ1) is 14.6. The predicted molar refractivity (Wildman–Crippen MR) is 115 cm³/mol. The molecule has 0 spiro atoms. The molecule has 1 N–H and O–H groups in total. The molecule has 30 heavy (non-hydrogen) atoms. The second-order valence-corrected chi connectivity index (χ2v) is 8.19. The maximum absolute atomic E-state index is 13.2. The summed E-state index contributed by atoms with van der Waals surface area (Å²) in [5.41, 5.74) is 0.953. The molecule has 1 fully saturated rings. The number of methoxy groups -OCH3 is 1. The third kappa shape index (κ3) is 5.90. The molecule has 0 aliphatic carbocycles. The summed E-state index contributed by atoms with van der Waals surface area (Å²) in [6.45, 7) is 1.56. The van der Waals surface area contributed by atoms with Crippen molar-refractivity contribution in [1.82, 2.24) is 15.1 Å². The average molecular weight is 430 g/mol. The number of hydrogen-bond donors (Lipinski definition) is 1. The van der Waals surface area contributed by atoms with Gasteiger partial charge in [0.1, 0.15) is 12.6 Å². The Labute approximate surface area is 180 Å². The van der Waals surface area contributed by atoms with Crippen molar-refractivity contribution >= 4 is 29.1 Å². The van der Waals surface area contributed by atoms with Gasteiger partial charge in [-0.1, -0.05) is 36.4 Å². The molecule has 1 unspecified atom stereocenters. The van der Waals surface area contributed by atoms with Crippen molar-refractivity contribution in [1.29, 1.82) is 0 Å². The highest BCUT2D eigenvalue weighted by Gasteiger charge is 2.40. The lowest BCUT2D eigenvalue weighted by atomic mass is 10.0. The largest absolute Gasteiger partial charge is 0.383 e. The van der Waals surface area contributed by atoms with Crippen molar-refractivity contribution < 1.29 is 19.1 Å². The molecular weight excluding hydrogens is 402 g/mol. The van der Waals surface area contributed by atoms with Gasteiger partial charge in [0, 0.05) is 31.6 Å². The molecule has 1 aliphatic rings. The minimum absolute atomic E-state index is 0.0277. The minimum Gasteiger partial charge on any atom is -0.383 e. The number of thiophene rings is 1. The smallest absolute Gasteiger partial charge is 0.246 e. The summed E-state index contributed by atoms with van der Waals surface area (Å²) in [6, 6.07) is 12.7. The van der Waals surface area contributed by atoms with Crippen molar-refractivity contribution in [2.75, 3.05) is 33.4 Å². The summed E-state index contributed by atoms with van der Waals surface area (Å²) >= 11 is 1.62. The molecule has 1 aliphatic heterocycles. The van der Waals surface area contributed by atoms with Crippen LogP contribution in [0.4, 0.5) is 0 Å². The summed E-state index contributed by atoms with van der Waals surface area (Å²) < 4.78 is 4.95. The molecule has 160 valence electrons. The molecule has 3 amide bonds. The first-order valence-electron chi connectivity index (χ1n) is 9.98. The van der Waals surface area contributed by atoms with Gasteiger partial charge in [0.25, 0.3) is 0 Å². The molecule has 0 saturated carbocycles. The van der Waals surface area contributed by atoms with E-state index in [1.807, 2.05) is 47.8 Å². The second kappa shape index (κ2) is 10.9. The van der Waals surface area contributed by atoms with Gasteiger partial charge in [-0.15, -0.1) is 11.3 Å². The molecule has 1 aromatic heterocycles. The number of carbonyl (C=O) groups excluding carboxylic acids is 3. The van der Waals surface area contributed by atoms with Gasteiger partial charge in [0.2, 0.25) is 17.7 Å². The molecular formula is C22H27N3O4S. The Bertz CT molecular complexity index is 841. The van der Waals surface area contributed by atoms with Crippen LogP contribution < -0.4 is 5.32 Å². The van der Waals surface area contributed by atoms with E-state index >= 15 is 0 Å². The van der Waals surface area contributed by atoms with Crippen molar-refractivity contribution in [3.05, 3.63) is 58.3 Å². The topological polar surface area (TPSA) is 79.0 Å². The van der Waals surface area contributed by atoms with E-state index in [4.69, 9.17) is 4.74 Å². The van der Waals surface area contributed by atoms with Gasteiger partial charge in [-0.2, -0.15) is 0 Å². The van der Waals surface area contributed by atoms with E-state index in [2.05, 4.69) is 5.32 Å². The maximum Gasteiger partial charge on any atom is 0.246 e. The van der Waals surface area contributed by atoms with E-state index in [0.717, 1.165) is 10.4 Å².